The molecule has 9 nitrogen and oxygen atoms in total. The van der Waals surface area contributed by atoms with Crippen LogP contribution in [-0.2, 0) is 14.8 Å². The molecule has 0 bridgehead atoms. The van der Waals surface area contributed by atoms with Crippen LogP contribution in [0.25, 0.3) is 0 Å². The van der Waals surface area contributed by atoms with Crippen molar-refractivity contribution >= 4 is 27.5 Å². The van der Waals surface area contributed by atoms with Crippen LogP contribution in [0.5, 0.6) is 0 Å². The van der Waals surface area contributed by atoms with E-state index >= 15 is 0 Å². The fourth-order valence-corrected chi connectivity index (χ4v) is 4.63. The molecule has 0 unspecified atom stereocenters. The maximum atomic E-state index is 12.6. The molecule has 1 saturated heterocycles. The molecule has 2 aromatic carbocycles. The van der Waals surface area contributed by atoms with Gasteiger partial charge in [0.25, 0.3) is 5.69 Å². The summed E-state index contributed by atoms with van der Waals surface area (Å²) >= 11 is 0. The first-order valence-corrected chi connectivity index (χ1v) is 10.8. The van der Waals surface area contributed by atoms with Gasteiger partial charge in [0, 0.05) is 30.8 Å². The molecule has 30 heavy (non-hydrogen) atoms. The summed E-state index contributed by atoms with van der Waals surface area (Å²) in [7, 11) is -3.61. The Bertz CT molecular complexity index is 1060. The summed E-state index contributed by atoms with van der Waals surface area (Å²) in [4.78, 5) is 34.6. The summed E-state index contributed by atoms with van der Waals surface area (Å²) in [6, 6.07) is 10.5. The van der Waals surface area contributed by atoms with Crippen molar-refractivity contribution in [1.82, 2.24) is 4.31 Å². The lowest BCUT2D eigenvalue weighted by Gasteiger charge is -2.25. The van der Waals surface area contributed by atoms with Gasteiger partial charge in [-0.05, 0) is 37.1 Å². The Kier molecular flexibility index (Phi) is 6.58. The van der Waals surface area contributed by atoms with Crippen LogP contribution in [0.4, 0.5) is 5.69 Å². The number of nitro benzene ring substituents is 1. The topological polar surface area (TPSA) is 124 Å². The third kappa shape index (κ3) is 4.89. The van der Waals surface area contributed by atoms with Crippen molar-refractivity contribution in [3.8, 4) is 0 Å². The van der Waals surface area contributed by atoms with Crippen LogP contribution in [0.2, 0.25) is 0 Å². The minimum absolute atomic E-state index is 0.0555. The maximum absolute atomic E-state index is 12.6. The summed E-state index contributed by atoms with van der Waals surface area (Å²) in [5, 5.41) is 10.8. The van der Waals surface area contributed by atoms with Gasteiger partial charge in [-0.3, -0.25) is 14.9 Å². The van der Waals surface area contributed by atoms with E-state index < -0.39 is 33.3 Å². The fourth-order valence-electron chi connectivity index (χ4n) is 3.11. The highest BCUT2D eigenvalue weighted by Gasteiger charge is 2.26. The number of non-ortho nitro benzene ring substituents is 1. The molecule has 1 aliphatic heterocycles. The fraction of sp³-hybridized carbons (Fsp3) is 0.300. The number of sulfonamides is 1. The Morgan fingerprint density at radius 1 is 1.00 bits per heavy atom. The number of nitrogens with zero attached hydrogens (tertiary/aromatic N) is 2. The molecule has 1 aliphatic rings. The number of carbonyl (C=O) groups is 2. The molecule has 1 heterocycles. The normalized spacial score (nSPS) is 14.8. The highest BCUT2D eigenvalue weighted by molar-refractivity contribution is 7.89. The Morgan fingerprint density at radius 3 is 2.30 bits per heavy atom. The zero-order valence-corrected chi connectivity index (χ0v) is 16.8. The Balaban J connectivity index is 1.63. The zero-order valence-electron chi connectivity index (χ0n) is 16.0. The van der Waals surface area contributed by atoms with Crippen LogP contribution in [-0.4, -0.2) is 49.1 Å². The molecule has 0 N–H and O–H groups in total. The predicted molar refractivity (Wildman–Crippen MR) is 107 cm³/mol. The van der Waals surface area contributed by atoms with Gasteiger partial charge in [0.1, 0.15) is 0 Å². The van der Waals surface area contributed by atoms with Crippen molar-refractivity contribution in [3.63, 3.8) is 0 Å². The van der Waals surface area contributed by atoms with Crippen molar-refractivity contribution in [2.45, 2.75) is 24.2 Å². The average Bonchev–Trinajstić information content (AvgIpc) is 2.78. The summed E-state index contributed by atoms with van der Waals surface area (Å²) in [6.45, 7) is 0.367. The monoisotopic (exact) mass is 432 g/mol. The lowest BCUT2D eigenvalue weighted by atomic mass is 10.1. The SMILES string of the molecule is O=C(COC(=O)c1ccc(S(=O)(=O)N2CCCCC2)cc1)c1cccc([N+](=O)[O-])c1. The van der Waals surface area contributed by atoms with E-state index in [4.69, 9.17) is 4.74 Å². The number of hydrogen-bond donors (Lipinski definition) is 0. The lowest BCUT2D eigenvalue weighted by molar-refractivity contribution is -0.384. The molecule has 0 radical (unpaired) electrons. The van der Waals surface area contributed by atoms with Gasteiger partial charge in [0.15, 0.2) is 6.61 Å². The zero-order chi connectivity index (χ0) is 21.7. The lowest BCUT2D eigenvalue weighted by Crippen LogP contribution is -2.35. The number of Topliss-reactive ketones (excluding diaryl/α,β-unsaturated/α-hetero) is 1. The molecule has 0 aromatic heterocycles. The number of carbonyl (C=O) groups excluding carboxylic acids is 2. The molecule has 0 aliphatic carbocycles. The minimum Gasteiger partial charge on any atom is -0.454 e. The number of ketones is 1. The van der Waals surface area contributed by atoms with Crippen molar-refractivity contribution in [1.29, 1.82) is 0 Å². The summed E-state index contributed by atoms with van der Waals surface area (Å²) in [5.74, 6) is -1.38. The van der Waals surface area contributed by atoms with Crippen LogP contribution < -0.4 is 0 Å². The molecule has 0 spiro atoms. The summed E-state index contributed by atoms with van der Waals surface area (Å²) in [6.07, 6.45) is 2.65. The number of nitro groups is 1. The highest BCUT2D eigenvalue weighted by Crippen LogP contribution is 2.21. The molecule has 3 rings (SSSR count). The van der Waals surface area contributed by atoms with Crippen LogP contribution in [0.3, 0.4) is 0 Å². The molecule has 0 atom stereocenters. The van der Waals surface area contributed by atoms with E-state index in [1.165, 1.54) is 46.8 Å². The quantitative estimate of drug-likeness (QED) is 0.285. The summed E-state index contributed by atoms with van der Waals surface area (Å²) in [5.41, 5.74) is -0.0860. The molecule has 1 fully saturated rings. The van der Waals surface area contributed by atoms with E-state index in [-0.39, 0.29) is 21.7 Å². The second-order valence-corrected chi connectivity index (χ2v) is 8.73. The molecule has 10 heteroatoms. The number of hydrogen-bond acceptors (Lipinski definition) is 7. The molecule has 158 valence electrons. The molecular formula is C20H20N2O7S. The van der Waals surface area contributed by atoms with Crippen LogP contribution in [0, 0.1) is 10.1 Å². The van der Waals surface area contributed by atoms with Gasteiger partial charge < -0.3 is 4.74 Å². The number of piperidine rings is 1. The third-order valence-corrected chi connectivity index (χ3v) is 6.67. The molecular weight excluding hydrogens is 412 g/mol. The smallest absolute Gasteiger partial charge is 0.338 e. The second kappa shape index (κ2) is 9.14. The Morgan fingerprint density at radius 2 is 1.67 bits per heavy atom. The maximum Gasteiger partial charge on any atom is 0.338 e. The first-order chi connectivity index (χ1) is 14.3. The van der Waals surface area contributed by atoms with Gasteiger partial charge >= 0.3 is 5.97 Å². The number of benzene rings is 2. The molecule has 2 aromatic rings. The number of esters is 1. The Hall–Kier alpha value is -3.11. The average molecular weight is 432 g/mol. The van der Waals surface area contributed by atoms with Crippen molar-refractivity contribution < 1.29 is 27.7 Å². The standard InChI is InChI=1S/C20H20N2O7S/c23-19(16-5-4-6-17(13-16)22(25)26)14-29-20(24)15-7-9-18(10-8-15)30(27,28)21-11-2-1-3-12-21/h4-10,13H,1-3,11-12,14H2. The van der Waals surface area contributed by atoms with E-state index in [0.29, 0.717) is 13.1 Å². The summed E-state index contributed by atoms with van der Waals surface area (Å²) < 4.78 is 31.7. The van der Waals surface area contributed by atoms with E-state index in [9.17, 15) is 28.1 Å². The van der Waals surface area contributed by atoms with Gasteiger partial charge in [0.2, 0.25) is 15.8 Å². The predicted octanol–water partition coefficient (Wildman–Crippen LogP) is 2.81. The highest BCUT2D eigenvalue weighted by atomic mass is 32.2. The molecule has 0 saturated carbocycles. The van der Waals surface area contributed by atoms with Gasteiger partial charge in [-0.15, -0.1) is 0 Å². The Labute approximate surface area is 173 Å². The minimum atomic E-state index is -3.61. The van der Waals surface area contributed by atoms with E-state index in [1.54, 1.807) is 0 Å². The van der Waals surface area contributed by atoms with Crippen molar-refractivity contribution in [2.24, 2.45) is 0 Å². The first-order valence-electron chi connectivity index (χ1n) is 9.34. The molecule has 0 amide bonds. The van der Waals surface area contributed by atoms with E-state index in [1.807, 2.05) is 0 Å². The van der Waals surface area contributed by atoms with Gasteiger partial charge in [-0.25, -0.2) is 13.2 Å². The van der Waals surface area contributed by atoms with E-state index in [0.717, 1.165) is 25.3 Å². The first kappa shape index (κ1) is 21.6. The third-order valence-electron chi connectivity index (χ3n) is 4.76. The van der Waals surface area contributed by atoms with Gasteiger partial charge in [0.05, 0.1) is 15.4 Å². The van der Waals surface area contributed by atoms with Crippen molar-refractivity contribution in [2.75, 3.05) is 19.7 Å². The second-order valence-electron chi connectivity index (χ2n) is 6.80. The number of ether oxygens (including phenoxy) is 1. The van der Waals surface area contributed by atoms with Crippen molar-refractivity contribution in [3.05, 3.63) is 69.8 Å². The van der Waals surface area contributed by atoms with E-state index in [2.05, 4.69) is 0 Å². The number of rotatable bonds is 7. The van der Waals surface area contributed by atoms with Crippen LogP contribution >= 0.6 is 0 Å². The van der Waals surface area contributed by atoms with Gasteiger partial charge in [-0.1, -0.05) is 18.6 Å². The largest absolute Gasteiger partial charge is 0.454 e. The van der Waals surface area contributed by atoms with Gasteiger partial charge in [-0.2, -0.15) is 4.31 Å². The van der Waals surface area contributed by atoms with Crippen LogP contribution in [0.15, 0.2) is 53.4 Å². The van der Waals surface area contributed by atoms with Crippen LogP contribution in [0.1, 0.15) is 40.0 Å².